The van der Waals surface area contributed by atoms with E-state index in [2.05, 4.69) is 20.7 Å². The van der Waals surface area contributed by atoms with Crippen LogP contribution in [0.15, 0.2) is 30.9 Å². The van der Waals surface area contributed by atoms with Crippen molar-refractivity contribution < 1.29 is 14.0 Å². The number of carbonyl (C=O) groups is 2. The molecule has 1 aromatic heterocycles. The molecular weight excluding hydrogens is 423 g/mol. The molecule has 2 aliphatic rings. The second-order valence-corrected chi connectivity index (χ2v) is 9.31. The van der Waals surface area contributed by atoms with Crippen molar-refractivity contribution in [3.63, 3.8) is 0 Å². The van der Waals surface area contributed by atoms with E-state index in [9.17, 15) is 14.0 Å². The Morgan fingerprint density at radius 3 is 2.84 bits per heavy atom. The van der Waals surface area contributed by atoms with Crippen LogP contribution in [-0.2, 0) is 16.1 Å². The molecule has 3 heterocycles. The second kappa shape index (κ2) is 8.64. The van der Waals surface area contributed by atoms with Crippen LogP contribution in [0.25, 0.3) is 5.69 Å². The van der Waals surface area contributed by atoms with Gasteiger partial charge in [0.15, 0.2) is 0 Å². The highest BCUT2D eigenvalue weighted by atomic mass is 35.5. The number of carbonyl (C=O) groups excluding carboxylic acids is 2. The largest absolute Gasteiger partial charge is 0.305 e. The van der Waals surface area contributed by atoms with Crippen LogP contribution in [0.5, 0.6) is 0 Å². The maximum Gasteiger partial charge on any atom is 0.244 e. The molecule has 2 aromatic rings. The van der Waals surface area contributed by atoms with Gasteiger partial charge < -0.3 is 5.32 Å². The van der Waals surface area contributed by atoms with Crippen LogP contribution in [0.1, 0.15) is 32.3 Å². The van der Waals surface area contributed by atoms with Gasteiger partial charge in [-0.2, -0.15) is 5.10 Å². The summed E-state index contributed by atoms with van der Waals surface area (Å²) >= 11 is 6.19. The number of amides is 2. The molecule has 8 nitrogen and oxygen atoms in total. The Balaban J connectivity index is 1.51. The van der Waals surface area contributed by atoms with Crippen molar-refractivity contribution in [2.75, 3.05) is 13.1 Å². The number of benzene rings is 1. The fourth-order valence-corrected chi connectivity index (χ4v) is 4.63. The average Bonchev–Trinajstić information content (AvgIpc) is 3.42. The monoisotopic (exact) mass is 448 g/mol. The minimum atomic E-state index is -1.15. The molecule has 31 heavy (non-hydrogen) atoms. The number of aromatic nitrogens is 3. The molecule has 1 aromatic carbocycles. The number of hydrogen-bond donors (Lipinski definition) is 2. The normalized spacial score (nSPS) is 25.6. The van der Waals surface area contributed by atoms with E-state index in [1.54, 1.807) is 28.0 Å². The number of halogens is 2. The molecule has 0 bridgehead atoms. The van der Waals surface area contributed by atoms with Gasteiger partial charge in [-0.15, -0.1) is 0 Å². The van der Waals surface area contributed by atoms with Crippen molar-refractivity contribution in [2.45, 2.75) is 51.5 Å². The Hall–Kier alpha value is -2.36. The molecule has 0 radical (unpaired) electrons. The molecular formula is C21H26ClFN6O2. The van der Waals surface area contributed by atoms with E-state index in [0.29, 0.717) is 5.02 Å². The lowest BCUT2D eigenvalue weighted by Crippen LogP contribution is -2.53. The number of imide groups is 1. The number of nitrogens with zero attached hydrogens (tertiary/aromatic N) is 4. The lowest BCUT2D eigenvalue weighted by molar-refractivity contribution is -0.135. The third-order valence-electron chi connectivity index (χ3n) is 6.14. The second-order valence-electron chi connectivity index (χ2n) is 8.87. The molecule has 2 amide bonds. The summed E-state index contributed by atoms with van der Waals surface area (Å²) in [7, 11) is 0. The Morgan fingerprint density at radius 1 is 1.35 bits per heavy atom. The predicted molar refractivity (Wildman–Crippen MR) is 113 cm³/mol. The molecule has 10 heteroatoms. The molecule has 3 atom stereocenters. The Labute approximate surface area is 185 Å². The van der Waals surface area contributed by atoms with E-state index in [1.165, 1.54) is 6.33 Å². The van der Waals surface area contributed by atoms with Crippen LogP contribution in [0.4, 0.5) is 4.39 Å². The quantitative estimate of drug-likeness (QED) is 0.678. The standard InChI is InChI=1S/C21H26ClFN6O2/c1-21(2)5-6-25-18(21)20(31)27-19(30)17-8-15(23)10-28(17)9-13-7-14(22)3-4-16(13)29-12-24-11-26-29/h3-4,7,11-12,15,17-18,25H,5-6,8-10H2,1-2H3,(H,27,30,31)/t15-,17?,18+/m1/s1. The minimum absolute atomic E-state index is 0.0415. The van der Waals surface area contributed by atoms with Crippen molar-refractivity contribution in [1.82, 2.24) is 30.3 Å². The fraction of sp³-hybridized carbons (Fsp3) is 0.524. The number of likely N-dealkylation sites (tertiary alicyclic amines) is 1. The topological polar surface area (TPSA) is 92.2 Å². The summed E-state index contributed by atoms with van der Waals surface area (Å²) in [6.45, 7) is 5.09. The molecule has 0 saturated carbocycles. The summed E-state index contributed by atoms with van der Waals surface area (Å²) in [6, 6.07) is 4.13. The van der Waals surface area contributed by atoms with Crippen LogP contribution in [0.2, 0.25) is 5.02 Å². The molecule has 2 saturated heterocycles. The molecule has 2 N–H and O–H groups in total. The summed E-state index contributed by atoms with van der Waals surface area (Å²) in [6.07, 6.45) is 2.72. The zero-order valence-corrected chi connectivity index (χ0v) is 18.3. The van der Waals surface area contributed by atoms with Gasteiger partial charge in [-0.1, -0.05) is 25.4 Å². The van der Waals surface area contributed by atoms with Gasteiger partial charge in [0, 0.05) is 24.5 Å². The number of rotatable bonds is 5. The van der Waals surface area contributed by atoms with Crippen LogP contribution >= 0.6 is 11.6 Å². The minimum Gasteiger partial charge on any atom is -0.305 e. The zero-order valence-electron chi connectivity index (χ0n) is 17.5. The summed E-state index contributed by atoms with van der Waals surface area (Å²) in [5.41, 5.74) is 1.29. The van der Waals surface area contributed by atoms with Crippen molar-refractivity contribution in [2.24, 2.45) is 5.41 Å². The van der Waals surface area contributed by atoms with Gasteiger partial charge in [0.25, 0.3) is 0 Å². The molecule has 0 aliphatic carbocycles. The third-order valence-corrected chi connectivity index (χ3v) is 6.38. The van der Waals surface area contributed by atoms with E-state index in [-0.39, 0.29) is 30.8 Å². The number of hydrogen-bond acceptors (Lipinski definition) is 6. The van der Waals surface area contributed by atoms with E-state index >= 15 is 0 Å². The number of alkyl halides is 1. The fourth-order valence-electron chi connectivity index (χ4n) is 4.43. The Kier molecular flexibility index (Phi) is 6.09. The smallest absolute Gasteiger partial charge is 0.244 e. The van der Waals surface area contributed by atoms with Gasteiger partial charge in [-0.3, -0.25) is 19.8 Å². The van der Waals surface area contributed by atoms with E-state index in [4.69, 9.17) is 11.6 Å². The highest BCUT2D eigenvalue weighted by Gasteiger charge is 2.42. The van der Waals surface area contributed by atoms with Crippen molar-refractivity contribution >= 4 is 23.4 Å². The SMILES string of the molecule is CC1(C)CCN[C@H]1C(=O)NC(=O)C1C[C@@H](F)CN1Cc1cc(Cl)ccc1-n1cncn1. The molecule has 166 valence electrons. The van der Waals surface area contributed by atoms with Crippen LogP contribution in [0, 0.1) is 5.41 Å². The zero-order chi connectivity index (χ0) is 22.2. The van der Waals surface area contributed by atoms with E-state index < -0.39 is 24.2 Å². The summed E-state index contributed by atoms with van der Waals surface area (Å²) < 4.78 is 15.9. The number of nitrogens with one attached hydrogen (secondary N) is 2. The lowest BCUT2D eigenvalue weighted by atomic mass is 9.84. The lowest BCUT2D eigenvalue weighted by Gasteiger charge is -2.27. The van der Waals surface area contributed by atoms with Crippen LogP contribution < -0.4 is 10.6 Å². The molecule has 2 fully saturated rings. The van der Waals surface area contributed by atoms with Gasteiger partial charge in [-0.05, 0) is 42.1 Å². The first-order chi connectivity index (χ1) is 14.7. The van der Waals surface area contributed by atoms with E-state index in [0.717, 1.165) is 24.2 Å². The van der Waals surface area contributed by atoms with Crippen molar-refractivity contribution in [3.05, 3.63) is 41.4 Å². The third kappa shape index (κ3) is 4.63. The maximum atomic E-state index is 14.3. The predicted octanol–water partition coefficient (Wildman–Crippen LogP) is 1.86. The van der Waals surface area contributed by atoms with Crippen molar-refractivity contribution in [3.8, 4) is 5.69 Å². The van der Waals surface area contributed by atoms with Crippen LogP contribution in [-0.4, -0.2) is 62.8 Å². The molecule has 4 rings (SSSR count). The molecule has 1 unspecified atom stereocenters. The van der Waals surface area contributed by atoms with Crippen molar-refractivity contribution in [1.29, 1.82) is 0 Å². The van der Waals surface area contributed by atoms with Gasteiger partial charge in [-0.25, -0.2) is 14.1 Å². The highest BCUT2D eigenvalue weighted by molar-refractivity contribution is 6.30. The first-order valence-corrected chi connectivity index (χ1v) is 10.7. The maximum absolute atomic E-state index is 14.3. The highest BCUT2D eigenvalue weighted by Crippen LogP contribution is 2.30. The summed E-state index contributed by atoms with van der Waals surface area (Å²) in [5, 5.41) is 10.3. The van der Waals surface area contributed by atoms with E-state index in [1.807, 2.05) is 19.9 Å². The first kappa shape index (κ1) is 21.9. The van der Waals surface area contributed by atoms with Gasteiger partial charge >= 0.3 is 0 Å². The molecule has 2 aliphatic heterocycles. The summed E-state index contributed by atoms with van der Waals surface area (Å²) in [5.74, 6) is -0.834. The molecule has 0 spiro atoms. The Morgan fingerprint density at radius 2 is 2.16 bits per heavy atom. The van der Waals surface area contributed by atoms with Crippen LogP contribution in [0.3, 0.4) is 0 Å². The van der Waals surface area contributed by atoms with Gasteiger partial charge in [0.2, 0.25) is 11.8 Å². The Bertz CT molecular complexity index is 967. The van der Waals surface area contributed by atoms with Gasteiger partial charge in [0.1, 0.15) is 18.8 Å². The average molecular weight is 449 g/mol. The first-order valence-electron chi connectivity index (χ1n) is 10.3. The van der Waals surface area contributed by atoms with Gasteiger partial charge in [0.05, 0.1) is 17.8 Å². The summed E-state index contributed by atoms with van der Waals surface area (Å²) in [4.78, 5) is 31.3.